The van der Waals surface area contributed by atoms with E-state index in [0.717, 1.165) is 81.6 Å². The van der Waals surface area contributed by atoms with Gasteiger partial charge in [0.15, 0.2) is 0 Å². The van der Waals surface area contributed by atoms with Gasteiger partial charge in [0.1, 0.15) is 23.7 Å². The monoisotopic (exact) mass is 806 g/mol. The number of aromatic amines is 2. The van der Waals surface area contributed by atoms with Crippen molar-refractivity contribution in [2.75, 3.05) is 33.4 Å². The number of alkyl carbamates (subject to hydrolysis) is 1. The highest BCUT2D eigenvalue weighted by Gasteiger charge is 2.38. The van der Waals surface area contributed by atoms with E-state index in [-0.39, 0.29) is 29.8 Å². The van der Waals surface area contributed by atoms with Crippen molar-refractivity contribution in [2.24, 2.45) is 11.7 Å². The van der Waals surface area contributed by atoms with Gasteiger partial charge in [-0.05, 0) is 76.8 Å². The lowest BCUT2D eigenvalue weighted by Gasteiger charge is -2.36. The minimum atomic E-state index is -0.875. The molecule has 1 aliphatic carbocycles. The highest BCUT2D eigenvalue weighted by Crippen LogP contribution is 2.38. The molecule has 5 N–H and O–H groups in total. The van der Waals surface area contributed by atoms with E-state index in [4.69, 9.17) is 25.2 Å². The van der Waals surface area contributed by atoms with Crippen molar-refractivity contribution < 1.29 is 23.9 Å². The lowest BCUT2D eigenvalue weighted by molar-refractivity contribution is -0.143. The van der Waals surface area contributed by atoms with Crippen LogP contribution < -0.4 is 11.1 Å². The molecule has 3 amide bonds. The van der Waals surface area contributed by atoms with Crippen LogP contribution in [0.2, 0.25) is 0 Å². The molecule has 0 unspecified atom stereocenters. The summed E-state index contributed by atoms with van der Waals surface area (Å²) in [7, 11) is 1.29. The summed E-state index contributed by atoms with van der Waals surface area (Å²) >= 11 is 0. The Labute approximate surface area is 348 Å². The normalized spacial score (nSPS) is 18.6. The topological polar surface area (TPSA) is 172 Å². The van der Waals surface area contributed by atoms with E-state index in [2.05, 4.69) is 69.9 Å². The molecule has 0 radical (unpaired) electrons. The molecule has 6 aromatic rings. The van der Waals surface area contributed by atoms with Crippen molar-refractivity contribution in [3.8, 4) is 33.6 Å². The van der Waals surface area contributed by atoms with Gasteiger partial charge in [0, 0.05) is 29.9 Å². The first-order valence-corrected chi connectivity index (χ1v) is 20.8. The van der Waals surface area contributed by atoms with Crippen LogP contribution in [0.5, 0.6) is 0 Å². The van der Waals surface area contributed by atoms with Gasteiger partial charge in [0.2, 0.25) is 5.91 Å². The molecule has 0 spiro atoms. The van der Waals surface area contributed by atoms with Gasteiger partial charge in [-0.15, -0.1) is 0 Å². The van der Waals surface area contributed by atoms with Gasteiger partial charge in [-0.25, -0.2) is 14.8 Å². The van der Waals surface area contributed by atoms with Crippen LogP contribution in [0.25, 0.3) is 44.4 Å². The lowest BCUT2D eigenvalue weighted by Crippen LogP contribution is -2.52. The van der Waals surface area contributed by atoms with Gasteiger partial charge in [-0.1, -0.05) is 86.6 Å². The van der Waals surface area contributed by atoms with E-state index >= 15 is 0 Å². The molecule has 0 saturated carbocycles. The Morgan fingerprint density at radius 1 is 0.850 bits per heavy atom. The standard InChI is InChI=1S/C47H50N8O5/c1-27(2)40(48)45(56)55-20-21-60-26-39(55)44-50-36-18-16-33-23-32(15-17-35(33)42(36)52-44)29-11-12-31-24-34(14-13-30(31)22-29)37-25-49-43(51-37)38-10-7-19-54(38)46(57)41(53-47(58)59-3)28-8-5-4-6-9-28/h4-6,8-9,11-15,17,22-25,27,38-41H,7,10,16,18-21,26,48H2,1-3H3,(H,49,51)(H,50,52)(H,53,58)/t38-,39-,40-,41+/m0/s1. The van der Waals surface area contributed by atoms with Gasteiger partial charge >= 0.3 is 6.09 Å². The van der Waals surface area contributed by atoms with Crippen LogP contribution in [0.1, 0.15) is 73.3 Å². The first-order chi connectivity index (χ1) is 29.2. The van der Waals surface area contributed by atoms with E-state index in [1.54, 1.807) is 4.90 Å². The number of benzene rings is 4. The number of morpholine rings is 1. The van der Waals surface area contributed by atoms with Crippen molar-refractivity contribution in [1.82, 2.24) is 35.1 Å². The lowest BCUT2D eigenvalue weighted by atomic mass is 9.89. The fourth-order valence-corrected chi connectivity index (χ4v) is 8.87. The van der Waals surface area contributed by atoms with Crippen LogP contribution in [0.3, 0.4) is 0 Å². The number of nitrogens with one attached hydrogen (secondary N) is 3. The molecule has 4 atom stereocenters. The molecule has 60 heavy (non-hydrogen) atoms. The number of ether oxygens (including phenoxy) is 2. The Morgan fingerprint density at radius 2 is 1.58 bits per heavy atom. The van der Waals surface area contributed by atoms with E-state index in [1.165, 1.54) is 12.7 Å². The molecular weight excluding hydrogens is 757 g/mol. The Kier molecular flexibility index (Phi) is 10.7. The summed E-state index contributed by atoms with van der Waals surface area (Å²) in [6.07, 6.45) is 4.47. The van der Waals surface area contributed by atoms with Crippen LogP contribution in [-0.2, 0) is 31.9 Å². The zero-order valence-electron chi connectivity index (χ0n) is 34.1. The summed E-state index contributed by atoms with van der Waals surface area (Å²) in [6, 6.07) is 26.8. The Balaban J connectivity index is 0.918. The predicted molar refractivity (Wildman–Crippen MR) is 228 cm³/mol. The molecule has 2 aliphatic heterocycles. The van der Waals surface area contributed by atoms with Crippen molar-refractivity contribution in [3.05, 3.63) is 120 Å². The number of imidazole rings is 2. The fourth-order valence-electron chi connectivity index (χ4n) is 8.87. The van der Waals surface area contributed by atoms with E-state index in [9.17, 15) is 14.4 Å². The maximum absolute atomic E-state index is 14.0. The maximum atomic E-state index is 14.0. The molecule has 13 heteroatoms. The fraction of sp³-hybridized carbons (Fsp3) is 0.340. The van der Waals surface area contributed by atoms with Crippen molar-refractivity contribution in [2.45, 2.75) is 63.7 Å². The van der Waals surface area contributed by atoms with Crippen LogP contribution in [0.4, 0.5) is 4.79 Å². The number of aromatic nitrogens is 4. The minimum absolute atomic E-state index is 0.0396. The second-order valence-electron chi connectivity index (χ2n) is 16.3. The highest BCUT2D eigenvalue weighted by atomic mass is 16.5. The number of carbonyl (C=O) groups is 3. The molecular formula is C47H50N8O5. The third-order valence-electron chi connectivity index (χ3n) is 12.3. The minimum Gasteiger partial charge on any atom is -0.453 e. The van der Waals surface area contributed by atoms with Crippen molar-refractivity contribution >= 4 is 28.7 Å². The average molecular weight is 807 g/mol. The summed E-state index contributed by atoms with van der Waals surface area (Å²) in [5, 5.41) is 4.95. The summed E-state index contributed by atoms with van der Waals surface area (Å²) in [5.74, 6) is 1.24. The second-order valence-corrected chi connectivity index (χ2v) is 16.3. The van der Waals surface area contributed by atoms with E-state index in [0.29, 0.717) is 37.7 Å². The number of hydrogen-bond donors (Lipinski definition) is 4. The van der Waals surface area contributed by atoms with Crippen LogP contribution in [0, 0.1) is 5.92 Å². The second kappa shape index (κ2) is 16.4. The molecule has 9 rings (SSSR count). The Morgan fingerprint density at radius 3 is 2.37 bits per heavy atom. The van der Waals surface area contributed by atoms with Gasteiger partial charge in [0.25, 0.3) is 5.91 Å². The van der Waals surface area contributed by atoms with Gasteiger partial charge in [-0.2, -0.15) is 0 Å². The summed E-state index contributed by atoms with van der Waals surface area (Å²) in [5.41, 5.74) is 15.5. The van der Waals surface area contributed by atoms with Crippen LogP contribution in [0.15, 0.2) is 91.1 Å². The average Bonchev–Trinajstić information content (AvgIpc) is 4.08. The largest absolute Gasteiger partial charge is 0.453 e. The number of fused-ring (bicyclic) bond motifs is 4. The number of carbonyl (C=O) groups excluding carboxylic acids is 3. The molecule has 3 aliphatic rings. The Hall–Kier alpha value is -6.31. The number of methoxy groups -OCH3 is 1. The Bertz CT molecular complexity index is 2570. The van der Waals surface area contributed by atoms with Crippen molar-refractivity contribution in [3.63, 3.8) is 0 Å². The smallest absolute Gasteiger partial charge is 0.407 e. The first kappa shape index (κ1) is 39.2. The summed E-state index contributed by atoms with van der Waals surface area (Å²) in [6.45, 7) is 5.86. The van der Waals surface area contributed by atoms with Crippen LogP contribution >= 0.6 is 0 Å². The molecule has 4 aromatic carbocycles. The number of nitrogens with two attached hydrogens (primary N) is 1. The predicted octanol–water partition coefficient (Wildman–Crippen LogP) is 7.03. The number of hydrogen-bond acceptors (Lipinski definition) is 8. The molecule has 4 heterocycles. The van der Waals surface area contributed by atoms with Gasteiger partial charge in [0.05, 0.1) is 50.0 Å². The molecule has 2 saturated heterocycles. The van der Waals surface area contributed by atoms with Crippen molar-refractivity contribution in [1.29, 1.82) is 0 Å². The molecule has 2 fully saturated rings. The maximum Gasteiger partial charge on any atom is 0.407 e. The third kappa shape index (κ3) is 7.43. The SMILES string of the molecule is COC(=O)N[C@@H](C(=O)N1CCC[C@H]1c1ncc(-c2ccc3cc(-c4ccc5c(c4)CCc4[nH]c([C@@H]6COCCN6C(=O)[C@@H](N)C(C)C)nc4-5)ccc3c2)[nH]1)c1ccccc1. The number of H-pyrrole nitrogens is 2. The van der Waals surface area contributed by atoms with Gasteiger partial charge < -0.3 is 40.3 Å². The molecule has 2 aromatic heterocycles. The zero-order chi connectivity index (χ0) is 41.5. The molecule has 308 valence electrons. The first-order valence-electron chi connectivity index (χ1n) is 20.8. The number of likely N-dealkylation sites (tertiary alicyclic amines) is 1. The van der Waals surface area contributed by atoms with E-state index in [1.807, 2.05) is 55.3 Å². The van der Waals surface area contributed by atoms with Gasteiger partial charge in [-0.3, -0.25) is 9.59 Å². The third-order valence-corrected chi connectivity index (χ3v) is 12.3. The number of rotatable bonds is 9. The zero-order valence-corrected chi connectivity index (χ0v) is 34.1. The number of amides is 3. The number of nitrogens with zero attached hydrogens (tertiary/aromatic N) is 4. The van der Waals surface area contributed by atoms with E-state index < -0.39 is 18.2 Å². The van der Waals surface area contributed by atoms with Crippen LogP contribution in [-0.4, -0.2) is 87.1 Å². The molecule has 13 nitrogen and oxygen atoms in total. The highest BCUT2D eigenvalue weighted by molar-refractivity contribution is 5.91. The quantitative estimate of drug-likeness (QED) is 0.121. The summed E-state index contributed by atoms with van der Waals surface area (Å²) in [4.78, 5) is 60.1. The molecule has 0 bridgehead atoms. The summed E-state index contributed by atoms with van der Waals surface area (Å²) < 4.78 is 10.7. The number of aryl methyl sites for hydroxylation is 2.